The highest BCUT2D eigenvalue weighted by molar-refractivity contribution is 7.80. The Labute approximate surface area is 191 Å². The van der Waals surface area contributed by atoms with Crippen molar-refractivity contribution in [2.75, 3.05) is 13.7 Å². The number of hydrogen-bond acceptors (Lipinski definition) is 6. The van der Waals surface area contributed by atoms with Gasteiger partial charge in [0, 0.05) is 18.8 Å². The Morgan fingerprint density at radius 2 is 2.12 bits per heavy atom. The minimum Gasteiger partial charge on any atom is -0.496 e. The maximum atomic E-state index is 11.1. The molecule has 3 heterocycles. The largest absolute Gasteiger partial charge is 0.496 e. The Kier molecular flexibility index (Phi) is 6.36. The van der Waals surface area contributed by atoms with Gasteiger partial charge in [-0.3, -0.25) is 15.1 Å². The summed E-state index contributed by atoms with van der Waals surface area (Å²) in [5, 5.41) is 15.2. The minimum absolute atomic E-state index is 0.0383. The summed E-state index contributed by atoms with van der Waals surface area (Å²) in [5.74, 6) is 1.68. The summed E-state index contributed by atoms with van der Waals surface area (Å²) in [6.07, 6.45) is 3.81. The average Bonchev–Trinajstić information content (AvgIpc) is 3.42. The quantitative estimate of drug-likeness (QED) is 0.289. The number of unbranched alkanes of at least 4 members (excludes halogenated alkanes) is 1. The molecule has 166 valence electrons. The highest BCUT2D eigenvalue weighted by Crippen LogP contribution is 2.42. The lowest BCUT2D eigenvalue weighted by molar-refractivity contribution is -0.384. The van der Waals surface area contributed by atoms with Gasteiger partial charge in [-0.05, 0) is 49.0 Å². The molecule has 1 fully saturated rings. The normalized spacial score (nSPS) is 17.9. The molecule has 3 aromatic rings. The number of rotatable bonds is 8. The van der Waals surface area contributed by atoms with Crippen molar-refractivity contribution in [2.45, 2.75) is 31.8 Å². The molecule has 32 heavy (non-hydrogen) atoms. The number of nitro benzene ring substituents is 1. The lowest BCUT2D eigenvalue weighted by atomic mass is 10.0. The number of benzene rings is 1. The van der Waals surface area contributed by atoms with E-state index in [4.69, 9.17) is 21.4 Å². The first-order valence-electron chi connectivity index (χ1n) is 10.4. The summed E-state index contributed by atoms with van der Waals surface area (Å²) < 4.78 is 11.7. The van der Waals surface area contributed by atoms with Crippen LogP contribution in [0.4, 0.5) is 5.69 Å². The number of pyridine rings is 1. The van der Waals surface area contributed by atoms with E-state index in [2.05, 4.69) is 22.1 Å². The van der Waals surface area contributed by atoms with Crippen molar-refractivity contribution in [3.8, 4) is 17.1 Å². The fraction of sp³-hybridized carbons (Fsp3) is 0.304. The van der Waals surface area contributed by atoms with Crippen molar-refractivity contribution in [1.82, 2.24) is 15.2 Å². The molecule has 1 N–H and O–H groups in total. The van der Waals surface area contributed by atoms with E-state index in [0.717, 1.165) is 30.8 Å². The molecule has 2 unspecified atom stereocenters. The molecule has 0 radical (unpaired) electrons. The number of aromatic nitrogens is 1. The van der Waals surface area contributed by atoms with Crippen LogP contribution in [0.2, 0.25) is 0 Å². The van der Waals surface area contributed by atoms with Gasteiger partial charge in [-0.1, -0.05) is 19.4 Å². The average molecular weight is 453 g/mol. The van der Waals surface area contributed by atoms with E-state index in [0.29, 0.717) is 22.2 Å². The molecule has 1 saturated heterocycles. The van der Waals surface area contributed by atoms with E-state index in [1.165, 1.54) is 19.2 Å². The lowest BCUT2D eigenvalue weighted by Crippen LogP contribution is -2.30. The van der Waals surface area contributed by atoms with Crippen LogP contribution in [0.15, 0.2) is 59.1 Å². The number of non-ortho nitro benzene ring substituents is 1. The zero-order chi connectivity index (χ0) is 22.7. The van der Waals surface area contributed by atoms with Crippen LogP contribution in [0.1, 0.15) is 43.3 Å². The van der Waals surface area contributed by atoms with Gasteiger partial charge in [-0.15, -0.1) is 0 Å². The molecular formula is C23H24N4O4S. The summed E-state index contributed by atoms with van der Waals surface area (Å²) in [5.41, 5.74) is 1.49. The van der Waals surface area contributed by atoms with Gasteiger partial charge in [-0.25, -0.2) is 0 Å². The second kappa shape index (κ2) is 9.35. The zero-order valence-electron chi connectivity index (χ0n) is 17.9. The maximum absolute atomic E-state index is 11.1. The smallest absolute Gasteiger partial charge is 0.273 e. The van der Waals surface area contributed by atoms with Crippen LogP contribution in [-0.2, 0) is 0 Å². The highest BCUT2D eigenvalue weighted by Gasteiger charge is 2.41. The molecular weight excluding hydrogens is 428 g/mol. The van der Waals surface area contributed by atoms with E-state index in [9.17, 15) is 10.1 Å². The van der Waals surface area contributed by atoms with Crippen LogP contribution in [0, 0.1) is 10.1 Å². The van der Waals surface area contributed by atoms with Crippen molar-refractivity contribution in [3.05, 3.63) is 76.3 Å². The number of methoxy groups -OCH3 is 1. The van der Waals surface area contributed by atoms with Crippen molar-refractivity contribution in [3.63, 3.8) is 0 Å². The Bertz CT molecular complexity index is 1120. The number of nitrogens with zero attached hydrogens (tertiary/aromatic N) is 3. The lowest BCUT2D eigenvalue weighted by Gasteiger charge is -2.25. The van der Waals surface area contributed by atoms with Crippen molar-refractivity contribution in [1.29, 1.82) is 0 Å². The molecule has 9 heteroatoms. The summed E-state index contributed by atoms with van der Waals surface area (Å²) >= 11 is 5.65. The Morgan fingerprint density at radius 1 is 1.28 bits per heavy atom. The van der Waals surface area contributed by atoms with Crippen LogP contribution in [-0.4, -0.2) is 33.6 Å². The monoisotopic (exact) mass is 452 g/mol. The van der Waals surface area contributed by atoms with Crippen LogP contribution in [0.3, 0.4) is 0 Å². The Hall–Kier alpha value is -3.46. The first-order valence-corrected chi connectivity index (χ1v) is 10.8. The molecule has 0 spiro atoms. The predicted molar refractivity (Wildman–Crippen MR) is 124 cm³/mol. The van der Waals surface area contributed by atoms with Gasteiger partial charge in [0.05, 0.1) is 35.4 Å². The molecule has 1 aromatic carbocycles. The number of furan rings is 1. The SMILES string of the molecule is CCCCN1C(=S)NC(c2ccccn2)C1c1ccc(-c2ccc([N+](=O)[O-])cc2OC)o1. The van der Waals surface area contributed by atoms with Gasteiger partial charge < -0.3 is 19.4 Å². The molecule has 0 bridgehead atoms. The summed E-state index contributed by atoms with van der Waals surface area (Å²) in [6, 6.07) is 13.7. The summed E-state index contributed by atoms with van der Waals surface area (Å²) in [6.45, 7) is 2.94. The van der Waals surface area contributed by atoms with Crippen LogP contribution < -0.4 is 10.1 Å². The number of thiocarbonyl (C=S) groups is 1. The van der Waals surface area contributed by atoms with Crippen molar-refractivity contribution < 1.29 is 14.1 Å². The van der Waals surface area contributed by atoms with E-state index >= 15 is 0 Å². The van der Waals surface area contributed by atoms with Gasteiger partial charge in [0.1, 0.15) is 23.3 Å². The third-order valence-corrected chi connectivity index (χ3v) is 5.88. The van der Waals surface area contributed by atoms with Crippen LogP contribution in [0.5, 0.6) is 5.75 Å². The molecule has 0 amide bonds. The van der Waals surface area contributed by atoms with E-state index < -0.39 is 4.92 Å². The van der Waals surface area contributed by atoms with E-state index in [1.807, 2.05) is 30.3 Å². The molecule has 8 nitrogen and oxygen atoms in total. The van der Waals surface area contributed by atoms with Gasteiger partial charge in [-0.2, -0.15) is 0 Å². The molecule has 1 aliphatic heterocycles. The molecule has 0 aliphatic carbocycles. The Morgan fingerprint density at radius 3 is 2.81 bits per heavy atom. The molecule has 1 aliphatic rings. The fourth-order valence-electron chi connectivity index (χ4n) is 3.94. The van der Waals surface area contributed by atoms with E-state index in [-0.39, 0.29) is 17.8 Å². The predicted octanol–water partition coefficient (Wildman–Crippen LogP) is 5.03. The first-order chi connectivity index (χ1) is 15.5. The number of hydrogen-bond donors (Lipinski definition) is 1. The fourth-order valence-corrected chi connectivity index (χ4v) is 4.27. The van der Waals surface area contributed by atoms with Crippen molar-refractivity contribution >= 4 is 23.0 Å². The topological polar surface area (TPSA) is 93.7 Å². The first kappa shape index (κ1) is 21.8. The number of nitrogens with one attached hydrogen (secondary N) is 1. The minimum atomic E-state index is -0.450. The van der Waals surface area contributed by atoms with Crippen LogP contribution in [0.25, 0.3) is 11.3 Å². The zero-order valence-corrected chi connectivity index (χ0v) is 18.7. The van der Waals surface area contributed by atoms with E-state index in [1.54, 1.807) is 12.3 Å². The van der Waals surface area contributed by atoms with Gasteiger partial charge in [0.15, 0.2) is 5.11 Å². The second-order valence-electron chi connectivity index (χ2n) is 7.52. The third-order valence-electron chi connectivity index (χ3n) is 5.53. The van der Waals surface area contributed by atoms with Gasteiger partial charge in [0.25, 0.3) is 5.69 Å². The highest BCUT2D eigenvalue weighted by atomic mass is 32.1. The van der Waals surface area contributed by atoms with Crippen LogP contribution >= 0.6 is 12.2 Å². The summed E-state index contributed by atoms with van der Waals surface area (Å²) in [7, 11) is 1.48. The van der Waals surface area contributed by atoms with Gasteiger partial charge >= 0.3 is 0 Å². The second-order valence-corrected chi connectivity index (χ2v) is 7.90. The number of nitro groups is 1. The van der Waals surface area contributed by atoms with Crippen molar-refractivity contribution in [2.24, 2.45) is 0 Å². The third kappa shape index (κ3) is 4.16. The molecule has 0 saturated carbocycles. The van der Waals surface area contributed by atoms with Gasteiger partial charge in [0.2, 0.25) is 0 Å². The molecule has 2 atom stereocenters. The molecule has 4 rings (SSSR count). The Balaban J connectivity index is 1.72. The maximum Gasteiger partial charge on any atom is 0.273 e. The molecule has 2 aromatic heterocycles. The standard InChI is InChI=1S/C23H24N4O4S/c1-3-4-13-26-22(21(25-23(26)32)17-7-5-6-12-24-17)19-11-10-18(31-19)16-9-8-15(27(28)29)14-20(16)30-2/h5-12,14,21-22H,3-4,13H2,1-2H3,(H,25,32). The number of ether oxygens (including phenoxy) is 1. The summed E-state index contributed by atoms with van der Waals surface area (Å²) in [4.78, 5) is 17.3.